The number of rotatable bonds is 4. The molecule has 2 atom stereocenters. The van der Waals surface area contributed by atoms with Crippen LogP contribution in [0.25, 0.3) is 0 Å². The lowest BCUT2D eigenvalue weighted by molar-refractivity contribution is -0.174. The molecule has 0 aromatic heterocycles. The molecule has 0 saturated carbocycles. The van der Waals surface area contributed by atoms with E-state index in [1.807, 2.05) is 13.8 Å². The first-order valence-electron chi connectivity index (χ1n) is 12.4. The number of ether oxygens (including phenoxy) is 1. The lowest BCUT2D eigenvalue weighted by Gasteiger charge is -2.34. The van der Waals surface area contributed by atoms with Gasteiger partial charge in [0.2, 0.25) is 11.3 Å². The molecule has 1 amide bonds. The Hall–Kier alpha value is -4.15. The van der Waals surface area contributed by atoms with Crippen molar-refractivity contribution in [3.8, 4) is 5.75 Å². The van der Waals surface area contributed by atoms with Crippen molar-refractivity contribution >= 4 is 17.4 Å². The van der Waals surface area contributed by atoms with Gasteiger partial charge in [0.1, 0.15) is 11.4 Å². The maximum Gasteiger partial charge on any atom is 0.433 e. The Kier molecular flexibility index (Phi) is 5.43. The summed E-state index contributed by atoms with van der Waals surface area (Å²) in [5.74, 6) is -3.93. The first-order valence-corrected chi connectivity index (χ1v) is 12.4. The average molecular weight is 536 g/mol. The first kappa shape index (κ1) is 25.1. The fourth-order valence-corrected chi connectivity index (χ4v) is 5.62. The van der Waals surface area contributed by atoms with E-state index in [9.17, 15) is 27.9 Å². The van der Waals surface area contributed by atoms with E-state index in [-0.39, 0.29) is 34.0 Å². The van der Waals surface area contributed by atoms with Gasteiger partial charge in [0.15, 0.2) is 0 Å². The summed E-state index contributed by atoms with van der Waals surface area (Å²) in [6, 6.07) is 19.0. The van der Waals surface area contributed by atoms with E-state index in [0.717, 1.165) is 10.6 Å². The fraction of sp³-hybridized carbons (Fsp3) is 0.241. The number of aliphatic hydroxyl groups is 1. The maximum atomic E-state index is 14.4. The van der Waals surface area contributed by atoms with Crippen molar-refractivity contribution in [2.75, 3.05) is 11.6 Å². The van der Waals surface area contributed by atoms with Gasteiger partial charge < -0.3 is 15.2 Å². The highest BCUT2D eigenvalue weighted by molar-refractivity contribution is 6.13. The van der Waals surface area contributed by atoms with E-state index in [1.54, 1.807) is 48.5 Å². The number of alkyl halides is 3. The van der Waals surface area contributed by atoms with Crippen LogP contribution in [0.1, 0.15) is 46.8 Å². The molecular weight excluding hydrogens is 511 g/mol. The molecule has 2 heterocycles. The largest absolute Gasteiger partial charge is 0.454 e. The molecule has 7 nitrogen and oxygen atoms in total. The van der Waals surface area contributed by atoms with Crippen LogP contribution < -0.4 is 20.5 Å². The van der Waals surface area contributed by atoms with E-state index in [4.69, 9.17) is 4.74 Å². The number of carbonyl (C=O) groups is 2. The summed E-state index contributed by atoms with van der Waals surface area (Å²) in [5, 5.41) is 15.3. The second-order valence-electron chi connectivity index (χ2n) is 10.1. The molecule has 2 aliphatic heterocycles. The molecule has 6 rings (SSSR count). The topological polar surface area (TPSA) is 90.9 Å². The van der Waals surface area contributed by atoms with Crippen molar-refractivity contribution < 1.29 is 32.6 Å². The van der Waals surface area contributed by atoms with Crippen LogP contribution in [-0.2, 0) is 16.1 Å². The van der Waals surface area contributed by atoms with Gasteiger partial charge in [-0.15, -0.1) is 0 Å². The van der Waals surface area contributed by atoms with Crippen molar-refractivity contribution in [1.82, 2.24) is 10.7 Å². The van der Waals surface area contributed by atoms with Gasteiger partial charge in [-0.05, 0) is 29.7 Å². The fourth-order valence-electron chi connectivity index (χ4n) is 5.62. The zero-order chi connectivity index (χ0) is 27.7. The number of ketones is 1. The van der Waals surface area contributed by atoms with E-state index in [0.29, 0.717) is 0 Å². The number of anilines is 1. The van der Waals surface area contributed by atoms with Crippen molar-refractivity contribution in [3.05, 3.63) is 106 Å². The summed E-state index contributed by atoms with van der Waals surface area (Å²) >= 11 is 0. The number of amides is 1. The maximum absolute atomic E-state index is 14.4. The van der Waals surface area contributed by atoms with Crippen molar-refractivity contribution in [1.29, 1.82) is 0 Å². The Morgan fingerprint density at radius 3 is 2.44 bits per heavy atom. The van der Waals surface area contributed by atoms with Gasteiger partial charge in [0, 0.05) is 23.2 Å². The molecule has 3 aliphatic rings. The Bertz CT molecular complexity index is 1550. The predicted octanol–water partition coefficient (Wildman–Crippen LogP) is 4.40. The van der Waals surface area contributed by atoms with Crippen LogP contribution in [0.4, 0.5) is 18.9 Å². The number of carbonyl (C=O) groups excluding carboxylic acids is 2. The van der Waals surface area contributed by atoms with Crippen LogP contribution in [0.3, 0.4) is 0 Å². The highest BCUT2D eigenvalue weighted by Gasteiger charge is 2.72. The molecule has 39 heavy (non-hydrogen) atoms. The Balaban J connectivity index is 1.50. The number of allylic oxidation sites excluding steroid dienone is 1. The summed E-state index contributed by atoms with van der Waals surface area (Å²) < 4.78 is 49.1. The number of hydrogen-bond donors (Lipinski definition) is 3. The predicted molar refractivity (Wildman–Crippen MR) is 136 cm³/mol. The molecular formula is C29H24F3N3O4. The van der Waals surface area contributed by atoms with Gasteiger partial charge >= 0.3 is 6.18 Å². The van der Waals surface area contributed by atoms with E-state index < -0.39 is 47.0 Å². The molecule has 200 valence electrons. The highest BCUT2D eigenvalue weighted by Crippen LogP contribution is 2.58. The smallest absolute Gasteiger partial charge is 0.433 e. The molecule has 0 spiro atoms. The van der Waals surface area contributed by atoms with Gasteiger partial charge in [0.05, 0.1) is 11.3 Å². The van der Waals surface area contributed by atoms with Crippen LogP contribution in [-0.4, -0.2) is 29.5 Å². The summed E-state index contributed by atoms with van der Waals surface area (Å²) in [4.78, 5) is 27.7. The number of hydrazine groups is 1. The van der Waals surface area contributed by atoms with Gasteiger partial charge in [-0.25, -0.2) is 5.43 Å². The third kappa shape index (κ3) is 3.44. The minimum atomic E-state index is -4.90. The molecule has 0 fully saturated rings. The lowest BCUT2D eigenvalue weighted by atomic mass is 9.82. The lowest BCUT2D eigenvalue weighted by Crippen LogP contribution is -2.60. The molecule has 10 heteroatoms. The van der Waals surface area contributed by atoms with Gasteiger partial charge in [0.25, 0.3) is 11.7 Å². The van der Waals surface area contributed by atoms with Crippen LogP contribution >= 0.6 is 0 Å². The molecule has 3 N–H and O–H groups in total. The highest BCUT2D eigenvalue weighted by atomic mass is 19.4. The number of nitrogens with one attached hydrogen (secondary N) is 2. The Morgan fingerprint density at radius 2 is 1.74 bits per heavy atom. The normalized spacial score (nSPS) is 23.6. The second kappa shape index (κ2) is 8.42. The molecule has 0 saturated heterocycles. The Morgan fingerprint density at radius 1 is 1.05 bits per heavy atom. The number of benzene rings is 3. The van der Waals surface area contributed by atoms with Crippen molar-refractivity contribution in [2.24, 2.45) is 0 Å². The number of nitrogens with zero attached hydrogens (tertiary/aromatic N) is 1. The molecule has 3 aromatic carbocycles. The zero-order valence-electron chi connectivity index (χ0n) is 21.0. The number of hydrogen-bond acceptors (Lipinski definition) is 6. The van der Waals surface area contributed by atoms with Crippen LogP contribution in [0.15, 0.2) is 84.1 Å². The standard InChI is InChI=1S/C29H24F3N3O4/c1-16(2)17-12-13-22-23(14-17)39-28(38)21-11-7-6-10-19(21)25(36)27(22,28)34-26(37)20-15-33-35(24(20)29(30,31)32)18-8-4-3-5-9-18/h3-14,16,33,38H,15H2,1-2H3,(H,34,37). The van der Waals surface area contributed by atoms with E-state index in [1.165, 1.54) is 24.3 Å². The van der Waals surface area contributed by atoms with Crippen LogP contribution in [0.5, 0.6) is 5.75 Å². The number of Topliss-reactive ketones (excluding diaryl/α,β-unsaturated/α-hetero) is 1. The van der Waals surface area contributed by atoms with Gasteiger partial charge in [-0.3, -0.25) is 14.6 Å². The summed E-state index contributed by atoms with van der Waals surface area (Å²) in [6.45, 7) is 3.47. The molecule has 0 bridgehead atoms. The SMILES string of the molecule is CC(C)c1ccc2c(c1)OC1(O)c3ccccc3C(=O)C21NC(=O)C1=C(C(F)(F)F)N(c2ccccc2)NC1. The first-order chi connectivity index (χ1) is 18.5. The number of halogens is 3. The van der Waals surface area contributed by atoms with Crippen molar-refractivity contribution in [3.63, 3.8) is 0 Å². The van der Waals surface area contributed by atoms with E-state index >= 15 is 0 Å². The zero-order valence-corrected chi connectivity index (χ0v) is 21.0. The van der Waals surface area contributed by atoms with Crippen LogP contribution in [0.2, 0.25) is 0 Å². The minimum absolute atomic E-state index is 0.0931. The molecule has 2 unspecified atom stereocenters. The minimum Gasteiger partial charge on any atom is -0.454 e. The number of fused-ring (bicyclic) bond motifs is 5. The third-order valence-electron chi connectivity index (χ3n) is 7.50. The van der Waals surface area contributed by atoms with Gasteiger partial charge in [-0.1, -0.05) is 68.4 Å². The number of para-hydroxylation sites is 1. The van der Waals surface area contributed by atoms with Crippen molar-refractivity contribution in [2.45, 2.75) is 37.3 Å². The average Bonchev–Trinajstić information content (AvgIpc) is 3.52. The molecule has 1 aliphatic carbocycles. The molecule has 0 radical (unpaired) electrons. The summed E-state index contributed by atoms with van der Waals surface area (Å²) in [6.07, 6.45) is -4.90. The Labute approximate surface area is 221 Å². The molecule has 3 aromatic rings. The summed E-state index contributed by atoms with van der Waals surface area (Å²) in [5.41, 5.74) is 0.0445. The van der Waals surface area contributed by atoms with Crippen LogP contribution in [0, 0.1) is 0 Å². The quantitative estimate of drug-likeness (QED) is 0.459. The second-order valence-corrected chi connectivity index (χ2v) is 10.1. The van der Waals surface area contributed by atoms with Gasteiger partial charge in [-0.2, -0.15) is 13.2 Å². The van der Waals surface area contributed by atoms with E-state index in [2.05, 4.69) is 10.7 Å². The monoisotopic (exact) mass is 535 g/mol. The summed E-state index contributed by atoms with van der Waals surface area (Å²) in [7, 11) is 0. The third-order valence-corrected chi connectivity index (χ3v) is 7.50.